The van der Waals surface area contributed by atoms with Gasteiger partial charge in [-0.15, -0.1) is 0 Å². The number of allylic oxidation sites excluding steroid dienone is 11. The number of aryl methyl sites for hydroxylation is 1. The van der Waals surface area contributed by atoms with Gasteiger partial charge in [0, 0.05) is 0 Å². The minimum Gasteiger partial charge on any atom is -0.0912 e. The molecular weight excluding hydrogens is 276 g/mol. The molecular formula is C23H28. The number of hydrogen-bond acceptors (Lipinski definition) is 0. The summed E-state index contributed by atoms with van der Waals surface area (Å²) in [4.78, 5) is 0. The highest BCUT2D eigenvalue weighted by molar-refractivity contribution is 5.76. The average Bonchev–Trinajstić information content (AvgIpc) is 2.50. The van der Waals surface area contributed by atoms with Crippen LogP contribution in [0.5, 0.6) is 0 Å². The van der Waals surface area contributed by atoms with Crippen LogP contribution >= 0.6 is 0 Å². The molecule has 0 aliphatic carbocycles. The zero-order chi connectivity index (χ0) is 17.2. The van der Waals surface area contributed by atoms with E-state index in [1.54, 1.807) is 0 Å². The van der Waals surface area contributed by atoms with Crippen molar-refractivity contribution >= 4 is 11.1 Å². The Labute approximate surface area is 141 Å². The van der Waals surface area contributed by atoms with Crippen molar-refractivity contribution in [3.63, 3.8) is 0 Å². The third-order valence-corrected chi connectivity index (χ3v) is 3.39. The van der Waals surface area contributed by atoms with E-state index in [-0.39, 0.29) is 0 Å². The Kier molecular flexibility index (Phi) is 7.83. The zero-order valence-corrected chi connectivity index (χ0v) is 15.1. The summed E-state index contributed by atoms with van der Waals surface area (Å²) < 4.78 is 0. The van der Waals surface area contributed by atoms with Gasteiger partial charge in [0.15, 0.2) is 0 Å². The van der Waals surface area contributed by atoms with Gasteiger partial charge in [-0.05, 0) is 68.5 Å². The van der Waals surface area contributed by atoms with E-state index in [1.807, 2.05) is 31.2 Å². The van der Waals surface area contributed by atoms with Crippen LogP contribution in [0.2, 0.25) is 0 Å². The molecule has 1 rings (SSSR count). The summed E-state index contributed by atoms with van der Waals surface area (Å²) in [6.07, 6.45) is 16.5. The molecule has 0 aliphatic rings. The third-order valence-electron chi connectivity index (χ3n) is 3.39. The summed E-state index contributed by atoms with van der Waals surface area (Å²) in [5.74, 6) is 0. The van der Waals surface area contributed by atoms with Crippen molar-refractivity contribution in [3.8, 4) is 0 Å². The minimum atomic E-state index is 1.03. The second kappa shape index (κ2) is 9.63. The number of hydrogen-bond donors (Lipinski definition) is 0. The van der Waals surface area contributed by atoms with Gasteiger partial charge in [-0.2, -0.15) is 0 Å². The van der Waals surface area contributed by atoms with Crippen LogP contribution < -0.4 is 0 Å². The smallest absolute Gasteiger partial charge is 0.0181 e. The summed E-state index contributed by atoms with van der Waals surface area (Å²) in [6, 6.07) is 6.60. The fourth-order valence-electron chi connectivity index (χ4n) is 2.12. The molecule has 0 heteroatoms. The van der Waals surface area contributed by atoms with Crippen LogP contribution in [0.25, 0.3) is 11.1 Å². The van der Waals surface area contributed by atoms with E-state index < -0.39 is 0 Å². The van der Waals surface area contributed by atoms with Gasteiger partial charge in [0.05, 0.1) is 0 Å². The predicted molar refractivity (Wildman–Crippen MR) is 106 cm³/mol. The van der Waals surface area contributed by atoms with Gasteiger partial charge in [0.2, 0.25) is 0 Å². The van der Waals surface area contributed by atoms with Crippen LogP contribution in [-0.4, -0.2) is 0 Å². The monoisotopic (exact) mass is 304 g/mol. The molecule has 0 nitrogen and oxygen atoms in total. The topological polar surface area (TPSA) is 0 Å². The highest BCUT2D eigenvalue weighted by atomic mass is 14.1. The normalized spacial score (nSPS) is 12.5. The third kappa shape index (κ3) is 6.97. The molecule has 1 aromatic rings. The van der Waals surface area contributed by atoms with Gasteiger partial charge in [0.1, 0.15) is 0 Å². The molecule has 0 aromatic heterocycles. The first kappa shape index (κ1) is 18.7. The largest absolute Gasteiger partial charge is 0.0912 e. The standard InChI is InChI=1S/C23H28/c1-7-8-9-13-20(5)22-15-19(4)16-23(17-22)21(6)14-11-10-12-18(2)3/h7-17H,5H2,1-4,6H3/b8-7-,11-10-,13-9-,21-14+. The first-order valence-electron chi connectivity index (χ1n) is 8.03. The first-order chi connectivity index (χ1) is 10.9. The van der Waals surface area contributed by atoms with Gasteiger partial charge in [-0.1, -0.05) is 72.9 Å². The van der Waals surface area contributed by atoms with E-state index in [0.717, 1.165) is 5.57 Å². The molecule has 0 unspecified atom stereocenters. The zero-order valence-electron chi connectivity index (χ0n) is 15.1. The van der Waals surface area contributed by atoms with E-state index in [1.165, 1.54) is 27.8 Å². The van der Waals surface area contributed by atoms with Gasteiger partial charge < -0.3 is 0 Å². The van der Waals surface area contributed by atoms with Crippen LogP contribution in [0.3, 0.4) is 0 Å². The van der Waals surface area contributed by atoms with Crippen molar-refractivity contribution in [3.05, 3.63) is 95.6 Å². The van der Waals surface area contributed by atoms with Crippen LogP contribution in [-0.2, 0) is 0 Å². The summed E-state index contributed by atoms with van der Waals surface area (Å²) >= 11 is 0. The molecule has 1 aromatic carbocycles. The lowest BCUT2D eigenvalue weighted by atomic mass is 9.97. The summed E-state index contributed by atoms with van der Waals surface area (Å²) in [5.41, 5.74) is 7.23. The number of benzene rings is 1. The molecule has 23 heavy (non-hydrogen) atoms. The molecule has 0 amide bonds. The molecule has 0 heterocycles. The second-order valence-electron chi connectivity index (χ2n) is 5.98. The van der Waals surface area contributed by atoms with Crippen molar-refractivity contribution in [2.75, 3.05) is 0 Å². The molecule has 120 valence electrons. The molecule has 0 atom stereocenters. The molecule has 0 fully saturated rings. The predicted octanol–water partition coefficient (Wildman–Crippen LogP) is 7.07. The molecule has 0 saturated carbocycles. The van der Waals surface area contributed by atoms with Crippen LogP contribution in [0.1, 0.15) is 44.4 Å². The van der Waals surface area contributed by atoms with Crippen molar-refractivity contribution < 1.29 is 0 Å². The van der Waals surface area contributed by atoms with Crippen LogP contribution in [0.15, 0.2) is 79.0 Å². The van der Waals surface area contributed by atoms with E-state index in [2.05, 4.69) is 76.8 Å². The fraction of sp³-hybridized carbons (Fsp3) is 0.217. The van der Waals surface area contributed by atoms with E-state index in [9.17, 15) is 0 Å². The SMILES string of the molecule is C=C(/C=C\C=C/C)c1cc(C)cc(/C(C)=C/C=C\C=C(C)C)c1. The maximum atomic E-state index is 4.17. The molecule has 0 saturated heterocycles. The van der Waals surface area contributed by atoms with Gasteiger partial charge in [-0.3, -0.25) is 0 Å². The second-order valence-corrected chi connectivity index (χ2v) is 5.98. The fourth-order valence-corrected chi connectivity index (χ4v) is 2.12. The lowest BCUT2D eigenvalue weighted by Gasteiger charge is -2.08. The molecule has 0 bridgehead atoms. The Morgan fingerprint density at radius 3 is 2.17 bits per heavy atom. The lowest BCUT2D eigenvalue weighted by molar-refractivity contribution is 1.39. The highest BCUT2D eigenvalue weighted by Gasteiger charge is 2.02. The van der Waals surface area contributed by atoms with Crippen molar-refractivity contribution in [2.24, 2.45) is 0 Å². The molecule has 0 aliphatic heterocycles. The van der Waals surface area contributed by atoms with Crippen LogP contribution in [0, 0.1) is 6.92 Å². The Hall–Kier alpha value is -2.34. The van der Waals surface area contributed by atoms with Crippen LogP contribution in [0.4, 0.5) is 0 Å². The summed E-state index contributed by atoms with van der Waals surface area (Å²) in [6.45, 7) is 14.6. The Morgan fingerprint density at radius 2 is 1.52 bits per heavy atom. The summed E-state index contributed by atoms with van der Waals surface area (Å²) in [7, 11) is 0. The van der Waals surface area contributed by atoms with E-state index in [4.69, 9.17) is 0 Å². The highest BCUT2D eigenvalue weighted by Crippen LogP contribution is 2.23. The molecule has 0 N–H and O–H groups in total. The number of rotatable bonds is 6. The van der Waals surface area contributed by atoms with Crippen molar-refractivity contribution in [1.82, 2.24) is 0 Å². The van der Waals surface area contributed by atoms with Crippen molar-refractivity contribution in [2.45, 2.75) is 34.6 Å². The van der Waals surface area contributed by atoms with Crippen molar-refractivity contribution in [1.29, 1.82) is 0 Å². The Balaban J connectivity index is 3.05. The maximum absolute atomic E-state index is 4.17. The quantitative estimate of drug-likeness (QED) is 0.493. The maximum Gasteiger partial charge on any atom is -0.0181 e. The lowest BCUT2D eigenvalue weighted by Crippen LogP contribution is -1.87. The van der Waals surface area contributed by atoms with E-state index >= 15 is 0 Å². The first-order valence-corrected chi connectivity index (χ1v) is 8.03. The van der Waals surface area contributed by atoms with Gasteiger partial charge >= 0.3 is 0 Å². The van der Waals surface area contributed by atoms with Gasteiger partial charge in [-0.25, -0.2) is 0 Å². The van der Waals surface area contributed by atoms with E-state index in [0.29, 0.717) is 0 Å². The summed E-state index contributed by atoms with van der Waals surface area (Å²) in [5, 5.41) is 0. The molecule has 0 radical (unpaired) electrons. The average molecular weight is 304 g/mol. The Bertz CT molecular complexity index is 685. The Morgan fingerprint density at radius 1 is 0.870 bits per heavy atom. The minimum absolute atomic E-state index is 1.03. The molecule has 0 spiro atoms. The van der Waals surface area contributed by atoms with Gasteiger partial charge in [0.25, 0.3) is 0 Å².